The van der Waals surface area contributed by atoms with Crippen LogP contribution in [0.4, 0.5) is 13.2 Å². The van der Waals surface area contributed by atoms with Crippen molar-refractivity contribution in [3.05, 3.63) is 47.3 Å². The summed E-state index contributed by atoms with van der Waals surface area (Å²) in [6.45, 7) is 2.08. The smallest absolute Gasteiger partial charge is 0.416 e. The minimum absolute atomic E-state index is 0.0593. The molecule has 21 heavy (non-hydrogen) atoms. The first-order valence-electron chi connectivity index (χ1n) is 6.27. The van der Waals surface area contributed by atoms with Gasteiger partial charge in [0.25, 0.3) is 0 Å². The lowest BCUT2D eigenvalue weighted by atomic mass is 10.1. The molecule has 2 aromatic rings. The van der Waals surface area contributed by atoms with Gasteiger partial charge in [-0.25, -0.2) is 4.98 Å². The molecule has 1 aromatic heterocycles. The van der Waals surface area contributed by atoms with Gasteiger partial charge in [-0.2, -0.15) is 18.2 Å². The van der Waals surface area contributed by atoms with Gasteiger partial charge in [0, 0.05) is 11.3 Å². The Kier molecular flexibility index (Phi) is 4.42. The average molecular weight is 296 g/mol. The van der Waals surface area contributed by atoms with Crippen molar-refractivity contribution in [3.63, 3.8) is 0 Å². The summed E-state index contributed by atoms with van der Waals surface area (Å²) in [5.74, 6) is 0. The van der Waals surface area contributed by atoms with Crippen molar-refractivity contribution in [3.8, 4) is 17.3 Å². The molecule has 7 heteroatoms. The molecule has 0 unspecified atom stereocenters. The highest BCUT2D eigenvalue weighted by Crippen LogP contribution is 2.31. The Balaban J connectivity index is 2.39. The van der Waals surface area contributed by atoms with Crippen molar-refractivity contribution < 1.29 is 17.9 Å². The fraction of sp³-hybridized carbons (Fsp3) is 0.286. The van der Waals surface area contributed by atoms with Gasteiger partial charge in [0.15, 0.2) is 0 Å². The number of hydrogen-bond acceptors (Lipinski definition) is 3. The van der Waals surface area contributed by atoms with Crippen molar-refractivity contribution in [1.82, 2.24) is 9.97 Å². The van der Waals surface area contributed by atoms with E-state index in [-0.39, 0.29) is 12.6 Å². The SMILES string of the molecule is CCOc1nc(C[NH-])cc(-c2ccc(C(F)(F)F)cc2)n1. The van der Waals surface area contributed by atoms with Gasteiger partial charge < -0.3 is 10.5 Å². The summed E-state index contributed by atoms with van der Waals surface area (Å²) >= 11 is 0. The van der Waals surface area contributed by atoms with Gasteiger partial charge in [0.05, 0.1) is 17.9 Å². The molecule has 112 valence electrons. The van der Waals surface area contributed by atoms with Gasteiger partial charge in [0.2, 0.25) is 0 Å². The molecule has 0 saturated heterocycles. The quantitative estimate of drug-likeness (QED) is 0.853. The first kappa shape index (κ1) is 15.2. The van der Waals surface area contributed by atoms with E-state index >= 15 is 0 Å². The van der Waals surface area contributed by atoms with Crippen LogP contribution in [-0.4, -0.2) is 16.6 Å². The first-order chi connectivity index (χ1) is 9.94. The third kappa shape index (κ3) is 3.69. The number of rotatable bonds is 4. The van der Waals surface area contributed by atoms with E-state index in [4.69, 9.17) is 10.5 Å². The van der Waals surface area contributed by atoms with Gasteiger partial charge >= 0.3 is 12.2 Å². The highest BCUT2D eigenvalue weighted by atomic mass is 19.4. The number of ether oxygens (including phenoxy) is 1. The molecule has 0 bridgehead atoms. The van der Waals surface area contributed by atoms with E-state index in [1.165, 1.54) is 12.1 Å². The number of hydrogen-bond donors (Lipinski definition) is 0. The monoisotopic (exact) mass is 296 g/mol. The maximum absolute atomic E-state index is 12.5. The molecule has 1 N–H and O–H groups in total. The number of nitrogens with zero attached hydrogens (tertiary/aromatic N) is 2. The summed E-state index contributed by atoms with van der Waals surface area (Å²) in [7, 11) is 0. The van der Waals surface area contributed by atoms with Gasteiger partial charge in [-0.3, -0.25) is 0 Å². The van der Waals surface area contributed by atoms with Crippen LogP contribution in [0.2, 0.25) is 0 Å². The van der Waals surface area contributed by atoms with Gasteiger partial charge in [-0.05, 0) is 25.1 Å². The molecule has 2 rings (SSSR count). The van der Waals surface area contributed by atoms with Crippen molar-refractivity contribution in [1.29, 1.82) is 0 Å². The zero-order valence-corrected chi connectivity index (χ0v) is 11.2. The third-order valence-electron chi connectivity index (χ3n) is 2.72. The van der Waals surface area contributed by atoms with Crippen LogP contribution in [0.5, 0.6) is 6.01 Å². The second kappa shape index (κ2) is 6.09. The zero-order chi connectivity index (χ0) is 15.5. The van der Waals surface area contributed by atoms with Gasteiger partial charge in [0.1, 0.15) is 0 Å². The normalized spacial score (nSPS) is 11.5. The molecule has 0 saturated carbocycles. The van der Waals surface area contributed by atoms with Crippen molar-refractivity contribution in [2.24, 2.45) is 0 Å². The molecule has 0 aliphatic rings. The maximum atomic E-state index is 12.5. The summed E-state index contributed by atoms with van der Waals surface area (Å²) in [6.07, 6.45) is -4.37. The fourth-order valence-electron chi connectivity index (χ4n) is 1.74. The Morgan fingerprint density at radius 1 is 1.14 bits per heavy atom. The molecule has 0 atom stereocenters. The molecular weight excluding hydrogens is 283 g/mol. The largest absolute Gasteiger partial charge is 0.672 e. The second-order valence-electron chi connectivity index (χ2n) is 4.21. The molecule has 0 radical (unpaired) electrons. The van der Waals surface area contributed by atoms with E-state index in [1.807, 2.05) is 0 Å². The van der Waals surface area contributed by atoms with Crippen LogP contribution >= 0.6 is 0 Å². The predicted molar refractivity (Wildman–Crippen MR) is 71.7 cm³/mol. The lowest BCUT2D eigenvalue weighted by molar-refractivity contribution is -0.137. The Hall–Kier alpha value is -2.15. The van der Waals surface area contributed by atoms with Crippen molar-refractivity contribution >= 4 is 0 Å². The molecule has 0 fully saturated rings. The molecule has 0 aliphatic heterocycles. The van der Waals surface area contributed by atoms with E-state index in [0.29, 0.717) is 23.6 Å². The number of benzene rings is 1. The van der Waals surface area contributed by atoms with E-state index in [9.17, 15) is 13.2 Å². The van der Waals surface area contributed by atoms with E-state index in [2.05, 4.69) is 9.97 Å². The molecule has 0 amide bonds. The zero-order valence-electron chi connectivity index (χ0n) is 11.2. The van der Waals surface area contributed by atoms with Crippen molar-refractivity contribution in [2.75, 3.05) is 6.61 Å². The molecule has 0 spiro atoms. The Bertz CT molecular complexity index is 612. The van der Waals surface area contributed by atoms with E-state index in [0.717, 1.165) is 12.1 Å². The molecule has 1 heterocycles. The van der Waals surface area contributed by atoms with Crippen LogP contribution in [0.15, 0.2) is 30.3 Å². The molecule has 1 aromatic carbocycles. The fourth-order valence-corrected chi connectivity index (χ4v) is 1.74. The Morgan fingerprint density at radius 2 is 1.81 bits per heavy atom. The van der Waals surface area contributed by atoms with Crippen LogP contribution in [0.25, 0.3) is 17.0 Å². The maximum Gasteiger partial charge on any atom is 0.416 e. The minimum Gasteiger partial charge on any atom is -0.672 e. The van der Waals surface area contributed by atoms with Crippen LogP contribution in [-0.2, 0) is 12.7 Å². The van der Waals surface area contributed by atoms with Crippen LogP contribution < -0.4 is 4.74 Å². The van der Waals surface area contributed by atoms with Gasteiger partial charge in [-0.15, -0.1) is 6.54 Å². The lowest BCUT2D eigenvalue weighted by Gasteiger charge is -2.10. The molecule has 4 nitrogen and oxygen atoms in total. The lowest BCUT2D eigenvalue weighted by Crippen LogP contribution is -2.04. The minimum atomic E-state index is -4.37. The van der Waals surface area contributed by atoms with Crippen molar-refractivity contribution in [2.45, 2.75) is 19.6 Å². The Morgan fingerprint density at radius 3 is 2.33 bits per heavy atom. The predicted octanol–water partition coefficient (Wildman–Crippen LogP) is 4.11. The second-order valence-corrected chi connectivity index (χ2v) is 4.21. The third-order valence-corrected chi connectivity index (χ3v) is 2.72. The summed E-state index contributed by atoms with van der Waals surface area (Å²) in [5.41, 5.74) is 8.03. The summed E-state index contributed by atoms with van der Waals surface area (Å²) in [6, 6.07) is 6.37. The summed E-state index contributed by atoms with van der Waals surface area (Å²) < 4.78 is 42.8. The molecule has 0 aliphatic carbocycles. The van der Waals surface area contributed by atoms with Gasteiger partial charge in [-0.1, -0.05) is 12.1 Å². The topological polar surface area (TPSA) is 58.8 Å². The summed E-state index contributed by atoms with van der Waals surface area (Å²) in [4.78, 5) is 8.16. The number of nitrogens with one attached hydrogen (secondary N) is 1. The van der Waals surface area contributed by atoms with E-state index < -0.39 is 11.7 Å². The van der Waals surface area contributed by atoms with Crippen LogP contribution in [0.1, 0.15) is 18.2 Å². The Labute approximate surface area is 119 Å². The standard InChI is InChI=1S/C14H13F3N3O/c1-2-21-13-19-11(8-18)7-12(20-13)9-3-5-10(6-4-9)14(15,16)17/h3-7,18H,2,8H2,1H3/q-1. The van der Waals surface area contributed by atoms with E-state index in [1.54, 1.807) is 13.0 Å². The number of halogens is 3. The number of aromatic nitrogens is 2. The molecular formula is C14H13F3N3O-. The highest BCUT2D eigenvalue weighted by molar-refractivity contribution is 5.60. The number of alkyl halides is 3. The average Bonchev–Trinajstić information content (AvgIpc) is 2.46. The summed E-state index contributed by atoms with van der Waals surface area (Å²) in [5, 5.41) is 0. The first-order valence-corrected chi connectivity index (χ1v) is 6.27. The van der Waals surface area contributed by atoms with Crippen LogP contribution in [0, 0.1) is 0 Å². The highest BCUT2D eigenvalue weighted by Gasteiger charge is 2.30. The van der Waals surface area contributed by atoms with Crippen LogP contribution in [0.3, 0.4) is 0 Å².